The Morgan fingerprint density at radius 1 is 1.03 bits per heavy atom. The maximum absolute atomic E-state index is 14.1. The SMILES string of the molecule is O=S(=O)(c1ccc(Cl)cc1)C1CCC[C@@H](Nc2nccc(-c3c(-c4ccc(F)c(F)c4)nc4sccn34)n2)C1. The van der Waals surface area contributed by atoms with Crippen LogP contribution in [0.1, 0.15) is 25.7 Å². The van der Waals surface area contributed by atoms with E-state index < -0.39 is 26.7 Å². The smallest absolute Gasteiger partial charge is 0.223 e. The molecule has 12 heteroatoms. The number of halogens is 3. The van der Waals surface area contributed by atoms with Crippen LogP contribution in [-0.4, -0.2) is 39.1 Å². The lowest BCUT2D eigenvalue weighted by Crippen LogP contribution is -2.35. The van der Waals surface area contributed by atoms with Crippen molar-refractivity contribution in [3.05, 3.63) is 83.0 Å². The average molecular weight is 586 g/mol. The van der Waals surface area contributed by atoms with Gasteiger partial charge in [-0.3, -0.25) is 4.40 Å². The van der Waals surface area contributed by atoms with Crippen molar-refractivity contribution in [1.82, 2.24) is 19.4 Å². The fraction of sp³-hybridized carbons (Fsp3) is 0.222. The van der Waals surface area contributed by atoms with E-state index in [9.17, 15) is 17.2 Å². The van der Waals surface area contributed by atoms with Gasteiger partial charge in [-0.15, -0.1) is 11.3 Å². The molecule has 3 heterocycles. The molecule has 0 radical (unpaired) electrons. The molecule has 0 bridgehead atoms. The number of benzene rings is 2. The van der Waals surface area contributed by atoms with E-state index in [1.54, 1.807) is 36.5 Å². The molecule has 0 saturated heterocycles. The predicted octanol–water partition coefficient (Wildman–Crippen LogP) is 6.65. The van der Waals surface area contributed by atoms with E-state index in [0.717, 1.165) is 25.0 Å². The van der Waals surface area contributed by atoms with Crippen LogP contribution in [0.15, 0.2) is 71.2 Å². The number of hydrogen-bond donors (Lipinski definition) is 1. The summed E-state index contributed by atoms with van der Waals surface area (Å²) in [6, 6.07) is 11.5. The lowest BCUT2D eigenvalue weighted by molar-refractivity contribution is 0.449. The number of aromatic nitrogens is 4. The summed E-state index contributed by atoms with van der Waals surface area (Å²) in [6.45, 7) is 0. The molecule has 1 fully saturated rings. The van der Waals surface area contributed by atoms with Crippen molar-refractivity contribution in [2.24, 2.45) is 0 Å². The van der Waals surface area contributed by atoms with Crippen molar-refractivity contribution in [3.8, 4) is 22.6 Å². The Bertz CT molecular complexity index is 1770. The Balaban J connectivity index is 1.28. The van der Waals surface area contributed by atoms with Gasteiger partial charge in [-0.2, -0.15) is 0 Å². The summed E-state index contributed by atoms with van der Waals surface area (Å²) in [5, 5.41) is 5.15. The third kappa shape index (κ3) is 5.02. The molecule has 3 aromatic heterocycles. The zero-order valence-corrected chi connectivity index (χ0v) is 22.8. The Morgan fingerprint density at radius 2 is 1.85 bits per heavy atom. The summed E-state index contributed by atoms with van der Waals surface area (Å²) in [5.74, 6) is -1.54. The second kappa shape index (κ2) is 10.3. The van der Waals surface area contributed by atoms with Crippen molar-refractivity contribution in [2.45, 2.75) is 41.9 Å². The molecule has 1 N–H and O–H groups in total. The molecule has 0 aliphatic heterocycles. The van der Waals surface area contributed by atoms with E-state index in [4.69, 9.17) is 16.6 Å². The van der Waals surface area contributed by atoms with Crippen LogP contribution in [-0.2, 0) is 9.84 Å². The van der Waals surface area contributed by atoms with E-state index in [0.29, 0.717) is 51.4 Å². The predicted molar refractivity (Wildman–Crippen MR) is 148 cm³/mol. The van der Waals surface area contributed by atoms with E-state index in [-0.39, 0.29) is 10.9 Å². The van der Waals surface area contributed by atoms with Gasteiger partial charge in [-0.1, -0.05) is 18.0 Å². The van der Waals surface area contributed by atoms with Crippen molar-refractivity contribution >= 4 is 43.7 Å². The highest BCUT2D eigenvalue weighted by Gasteiger charge is 2.33. The highest BCUT2D eigenvalue weighted by Crippen LogP contribution is 2.35. The molecular formula is C27H22ClF2N5O2S2. The first-order valence-corrected chi connectivity index (χ1v) is 15.1. The number of hydrogen-bond acceptors (Lipinski definition) is 7. The zero-order chi connectivity index (χ0) is 27.1. The summed E-state index contributed by atoms with van der Waals surface area (Å²) in [5.41, 5.74) is 2.06. The molecule has 1 aliphatic rings. The molecule has 5 aromatic rings. The molecule has 7 nitrogen and oxygen atoms in total. The third-order valence-corrected chi connectivity index (χ3v) is 10.1. The summed E-state index contributed by atoms with van der Waals surface area (Å²) in [6.07, 6.45) is 5.97. The second-order valence-electron chi connectivity index (χ2n) is 9.39. The minimum atomic E-state index is -3.52. The maximum Gasteiger partial charge on any atom is 0.223 e. The van der Waals surface area contributed by atoms with Gasteiger partial charge in [-0.05, 0) is 67.8 Å². The van der Waals surface area contributed by atoms with Gasteiger partial charge in [0.15, 0.2) is 26.4 Å². The van der Waals surface area contributed by atoms with Crippen molar-refractivity contribution < 1.29 is 17.2 Å². The van der Waals surface area contributed by atoms with Crippen molar-refractivity contribution in [1.29, 1.82) is 0 Å². The maximum atomic E-state index is 14.1. The van der Waals surface area contributed by atoms with Crippen LogP contribution in [0.25, 0.3) is 27.6 Å². The van der Waals surface area contributed by atoms with Crippen LogP contribution >= 0.6 is 22.9 Å². The van der Waals surface area contributed by atoms with Gasteiger partial charge in [-0.25, -0.2) is 32.2 Å². The Hall–Kier alpha value is -3.41. The second-order valence-corrected chi connectivity index (χ2v) is 12.9. The fourth-order valence-electron chi connectivity index (χ4n) is 4.99. The van der Waals surface area contributed by atoms with Gasteiger partial charge in [0.05, 0.1) is 21.5 Å². The lowest BCUT2D eigenvalue weighted by atomic mass is 9.95. The summed E-state index contributed by atoms with van der Waals surface area (Å²) in [7, 11) is -3.52. The Kier molecular flexibility index (Phi) is 6.82. The average Bonchev–Trinajstić information content (AvgIpc) is 3.52. The molecule has 2 aromatic carbocycles. The first-order valence-electron chi connectivity index (χ1n) is 12.3. The van der Waals surface area contributed by atoms with E-state index in [1.807, 2.05) is 16.0 Å². The summed E-state index contributed by atoms with van der Waals surface area (Å²) < 4.78 is 56.0. The van der Waals surface area contributed by atoms with Gasteiger partial charge < -0.3 is 5.32 Å². The van der Waals surface area contributed by atoms with Gasteiger partial charge in [0.1, 0.15) is 5.69 Å². The zero-order valence-electron chi connectivity index (χ0n) is 20.4. The molecule has 200 valence electrons. The van der Waals surface area contributed by atoms with Crippen LogP contribution in [0.2, 0.25) is 5.02 Å². The molecule has 1 aliphatic carbocycles. The molecule has 0 amide bonds. The molecule has 39 heavy (non-hydrogen) atoms. The molecule has 2 atom stereocenters. The van der Waals surface area contributed by atoms with Crippen LogP contribution < -0.4 is 5.32 Å². The van der Waals surface area contributed by atoms with Crippen LogP contribution in [0.4, 0.5) is 14.7 Å². The van der Waals surface area contributed by atoms with E-state index in [1.165, 1.54) is 17.4 Å². The van der Waals surface area contributed by atoms with Crippen molar-refractivity contribution in [3.63, 3.8) is 0 Å². The van der Waals surface area contributed by atoms with Crippen LogP contribution in [0.5, 0.6) is 0 Å². The number of sulfone groups is 1. The quantitative estimate of drug-likeness (QED) is 0.240. The number of thiazole rings is 1. The van der Waals surface area contributed by atoms with Crippen LogP contribution in [0, 0.1) is 11.6 Å². The number of rotatable bonds is 6. The van der Waals surface area contributed by atoms with Crippen LogP contribution in [0.3, 0.4) is 0 Å². The lowest BCUT2D eigenvalue weighted by Gasteiger charge is -2.29. The van der Waals surface area contributed by atoms with E-state index in [2.05, 4.69) is 15.3 Å². The Morgan fingerprint density at radius 3 is 2.64 bits per heavy atom. The Labute approximate surface area is 232 Å². The highest BCUT2D eigenvalue weighted by molar-refractivity contribution is 7.92. The van der Waals surface area contributed by atoms with Gasteiger partial charge in [0.25, 0.3) is 0 Å². The third-order valence-electron chi connectivity index (χ3n) is 6.89. The minimum Gasteiger partial charge on any atom is -0.351 e. The highest BCUT2D eigenvalue weighted by atomic mass is 35.5. The topological polar surface area (TPSA) is 89.2 Å². The fourth-order valence-corrected chi connectivity index (χ4v) is 7.70. The van der Waals surface area contributed by atoms with Gasteiger partial charge >= 0.3 is 0 Å². The molecule has 1 unspecified atom stereocenters. The molecular weight excluding hydrogens is 564 g/mol. The molecule has 6 rings (SSSR count). The first-order chi connectivity index (χ1) is 18.8. The summed E-state index contributed by atoms with van der Waals surface area (Å²) >= 11 is 7.35. The van der Waals surface area contributed by atoms with E-state index >= 15 is 0 Å². The minimum absolute atomic E-state index is 0.140. The molecule has 0 spiro atoms. The monoisotopic (exact) mass is 585 g/mol. The van der Waals surface area contributed by atoms with Crippen molar-refractivity contribution in [2.75, 3.05) is 5.32 Å². The normalized spacial score (nSPS) is 17.9. The number of anilines is 1. The number of nitrogens with one attached hydrogen (secondary N) is 1. The largest absolute Gasteiger partial charge is 0.351 e. The van der Waals surface area contributed by atoms with Gasteiger partial charge in [0.2, 0.25) is 5.95 Å². The summed E-state index contributed by atoms with van der Waals surface area (Å²) in [4.78, 5) is 14.7. The first kappa shape index (κ1) is 25.8. The number of nitrogens with zero attached hydrogens (tertiary/aromatic N) is 4. The number of fused-ring (bicyclic) bond motifs is 1. The number of imidazole rings is 1. The molecule has 1 saturated carbocycles. The van der Waals surface area contributed by atoms with Gasteiger partial charge in [0, 0.05) is 34.4 Å². The standard InChI is InChI=1S/C27H22ClF2N5O2S2/c28-17-5-7-19(8-6-17)39(36,37)20-3-1-2-18(15-20)32-26-31-11-10-23(33-26)25-24(34-27-35(25)12-13-38-27)16-4-9-21(29)22(30)14-16/h4-14,18,20H,1-3,15H2,(H,31,32,33)/t18-,20?/m1/s1.